The van der Waals surface area contributed by atoms with Crippen LogP contribution in [0.15, 0.2) is 0 Å². The van der Waals surface area contributed by atoms with Crippen molar-refractivity contribution in [3.63, 3.8) is 0 Å². The van der Waals surface area contributed by atoms with E-state index in [-0.39, 0.29) is 19.5 Å². The van der Waals surface area contributed by atoms with Gasteiger partial charge in [-0.05, 0) is 37.5 Å². The minimum absolute atomic E-state index is 0. The van der Waals surface area contributed by atoms with Gasteiger partial charge < -0.3 is 19.8 Å². The predicted octanol–water partition coefficient (Wildman–Crippen LogP) is 3.18. The third-order valence-corrected chi connectivity index (χ3v) is 5.09. The summed E-state index contributed by atoms with van der Waals surface area (Å²) < 4.78 is 0. The van der Waals surface area contributed by atoms with Crippen LogP contribution < -0.4 is 10.2 Å². The van der Waals surface area contributed by atoms with E-state index in [1.807, 2.05) is 13.8 Å². The molecule has 0 bridgehead atoms. The summed E-state index contributed by atoms with van der Waals surface area (Å²) >= 11 is 0. The molecule has 0 spiro atoms. The van der Waals surface area contributed by atoms with Crippen LogP contribution >= 0.6 is 0 Å². The Morgan fingerprint density at radius 2 is 1.00 bits per heavy atom. The van der Waals surface area contributed by atoms with E-state index in [9.17, 15) is 19.8 Å². The van der Waals surface area contributed by atoms with E-state index in [2.05, 4.69) is 27.7 Å². The Bertz CT molecular complexity index is 346. The molecule has 0 heterocycles. The molecule has 2 atom stereocenters. The van der Waals surface area contributed by atoms with Crippen LogP contribution in [0, 0.1) is 22.7 Å². The summed E-state index contributed by atoms with van der Waals surface area (Å²) in [7, 11) is 0. The SMILES string of the molecule is CCC(C)(CCC(C)C)C(=O)[O-].CCC(C)(CCC(C)C)C(=O)[O-].[Zn+2]. The van der Waals surface area contributed by atoms with E-state index < -0.39 is 22.8 Å². The molecule has 0 aromatic heterocycles. The first-order chi connectivity index (χ1) is 10.8. The number of carbonyl (C=O) groups excluding carboxylic acids is 2. The van der Waals surface area contributed by atoms with E-state index in [1.54, 1.807) is 13.8 Å². The fourth-order valence-corrected chi connectivity index (χ4v) is 2.06. The summed E-state index contributed by atoms with van der Waals surface area (Å²) in [5.41, 5.74) is -1.24. The molecule has 0 aliphatic carbocycles. The van der Waals surface area contributed by atoms with E-state index >= 15 is 0 Å². The van der Waals surface area contributed by atoms with Crippen LogP contribution in [-0.4, -0.2) is 11.9 Å². The van der Waals surface area contributed by atoms with Crippen molar-refractivity contribution in [3.8, 4) is 0 Å². The van der Waals surface area contributed by atoms with Gasteiger partial charge in [0.1, 0.15) is 0 Å². The van der Waals surface area contributed by atoms with Crippen molar-refractivity contribution in [1.29, 1.82) is 0 Å². The molecule has 0 aliphatic rings. The maximum atomic E-state index is 10.8. The minimum atomic E-state index is -0.911. The summed E-state index contributed by atoms with van der Waals surface area (Å²) in [5, 5.41) is 21.5. The number of carboxylic acid groups (broad SMARTS) is 2. The molecule has 0 aromatic carbocycles. The van der Waals surface area contributed by atoms with Crippen molar-refractivity contribution in [2.75, 3.05) is 0 Å². The zero-order valence-electron chi connectivity index (χ0n) is 17.7. The van der Waals surface area contributed by atoms with Gasteiger partial charge in [0, 0.05) is 22.8 Å². The number of hydrogen-bond acceptors (Lipinski definition) is 4. The van der Waals surface area contributed by atoms with E-state index in [0.29, 0.717) is 24.7 Å². The standard InChI is InChI=1S/2C10H20O2.Zn/c2*1-5-10(4,9(11)12)7-6-8(2)3;/h2*8H,5-7H2,1-4H3,(H,11,12);/q;;+2/p-2. The molecule has 0 N–H and O–H groups in total. The van der Waals surface area contributed by atoms with Gasteiger partial charge in [0.15, 0.2) is 0 Å². The first-order valence-electron chi connectivity index (χ1n) is 9.27. The molecule has 4 nitrogen and oxygen atoms in total. The van der Waals surface area contributed by atoms with Crippen LogP contribution in [0.25, 0.3) is 0 Å². The van der Waals surface area contributed by atoms with Gasteiger partial charge in [0.05, 0.1) is 0 Å². The number of rotatable bonds is 10. The first kappa shape index (κ1) is 29.3. The van der Waals surface area contributed by atoms with Gasteiger partial charge in [-0.1, -0.05) is 68.2 Å². The van der Waals surface area contributed by atoms with Crippen molar-refractivity contribution < 1.29 is 39.3 Å². The number of carbonyl (C=O) groups is 2. The van der Waals surface area contributed by atoms with Crippen molar-refractivity contribution in [3.05, 3.63) is 0 Å². The molecular weight excluding hydrogens is 370 g/mol. The van der Waals surface area contributed by atoms with Gasteiger partial charge in [-0.2, -0.15) is 0 Å². The van der Waals surface area contributed by atoms with Crippen LogP contribution in [0.5, 0.6) is 0 Å². The Labute approximate surface area is 167 Å². The van der Waals surface area contributed by atoms with Crippen molar-refractivity contribution >= 4 is 11.9 Å². The monoisotopic (exact) mass is 406 g/mol. The molecule has 25 heavy (non-hydrogen) atoms. The van der Waals surface area contributed by atoms with Gasteiger partial charge in [-0.15, -0.1) is 0 Å². The molecule has 0 aliphatic heterocycles. The maximum Gasteiger partial charge on any atom is 2.00 e. The second kappa shape index (κ2) is 13.7. The number of carboxylic acids is 2. The van der Waals surface area contributed by atoms with Gasteiger partial charge in [-0.3, -0.25) is 0 Å². The van der Waals surface area contributed by atoms with Crippen LogP contribution in [0.2, 0.25) is 0 Å². The summed E-state index contributed by atoms with van der Waals surface area (Å²) in [6.45, 7) is 15.7. The zero-order valence-corrected chi connectivity index (χ0v) is 20.7. The van der Waals surface area contributed by atoms with Gasteiger partial charge in [0.2, 0.25) is 0 Å². The molecule has 0 saturated carbocycles. The Hall–Kier alpha value is -0.437. The average molecular weight is 408 g/mol. The van der Waals surface area contributed by atoms with Crippen molar-refractivity contribution in [2.24, 2.45) is 22.7 Å². The quantitative estimate of drug-likeness (QED) is 0.521. The zero-order chi connectivity index (χ0) is 19.6. The van der Waals surface area contributed by atoms with Crippen LogP contribution in [0.1, 0.15) is 93.9 Å². The normalized spacial score (nSPS) is 15.4. The molecule has 144 valence electrons. The Morgan fingerprint density at radius 3 is 1.12 bits per heavy atom. The predicted molar refractivity (Wildman–Crippen MR) is 95.0 cm³/mol. The van der Waals surface area contributed by atoms with Crippen molar-refractivity contribution in [2.45, 2.75) is 93.9 Å². The maximum absolute atomic E-state index is 10.8. The third-order valence-electron chi connectivity index (χ3n) is 5.09. The van der Waals surface area contributed by atoms with Crippen molar-refractivity contribution in [1.82, 2.24) is 0 Å². The molecule has 0 saturated heterocycles. The fraction of sp³-hybridized carbons (Fsp3) is 0.900. The molecular formula is C20H38O4Zn. The number of aliphatic carboxylic acids is 2. The summed E-state index contributed by atoms with van der Waals surface area (Å²) in [6, 6.07) is 0. The molecule has 0 radical (unpaired) electrons. The van der Waals surface area contributed by atoms with Gasteiger partial charge in [0.25, 0.3) is 0 Å². The van der Waals surface area contributed by atoms with Crippen LogP contribution in [-0.2, 0) is 29.1 Å². The second-order valence-electron chi connectivity index (χ2n) is 8.27. The van der Waals surface area contributed by atoms with Gasteiger partial charge >= 0.3 is 19.5 Å². The number of hydrogen-bond donors (Lipinski definition) is 0. The topological polar surface area (TPSA) is 80.3 Å². The molecule has 0 aromatic rings. The minimum Gasteiger partial charge on any atom is -0.550 e. The largest absolute Gasteiger partial charge is 2.00 e. The summed E-state index contributed by atoms with van der Waals surface area (Å²) in [6.07, 6.45) is 4.67. The molecule has 0 fully saturated rings. The Balaban J connectivity index is -0.000000372. The first-order valence-corrected chi connectivity index (χ1v) is 9.27. The second-order valence-corrected chi connectivity index (χ2v) is 8.27. The smallest absolute Gasteiger partial charge is 0.550 e. The summed E-state index contributed by atoms with van der Waals surface area (Å²) in [5.74, 6) is -0.693. The van der Waals surface area contributed by atoms with Crippen LogP contribution in [0.4, 0.5) is 0 Å². The molecule has 5 heteroatoms. The Morgan fingerprint density at radius 1 is 0.760 bits per heavy atom. The fourth-order valence-electron chi connectivity index (χ4n) is 2.06. The van der Waals surface area contributed by atoms with E-state index in [1.165, 1.54) is 0 Å². The Kier molecular flexibility index (Phi) is 16.1. The molecule has 2 unspecified atom stereocenters. The van der Waals surface area contributed by atoms with Gasteiger partial charge in [-0.25, -0.2) is 0 Å². The molecule has 0 amide bonds. The third kappa shape index (κ3) is 12.5. The van der Waals surface area contributed by atoms with Crippen LogP contribution in [0.3, 0.4) is 0 Å². The van der Waals surface area contributed by atoms with E-state index in [4.69, 9.17) is 0 Å². The molecule has 0 rings (SSSR count). The van der Waals surface area contributed by atoms with E-state index in [0.717, 1.165) is 25.7 Å². The average Bonchev–Trinajstić information content (AvgIpc) is 2.50. The summed E-state index contributed by atoms with van der Waals surface area (Å²) in [4.78, 5) is 21.5.